The second-order valence-corrected chi connectivity index (χ2v) is 6.98. The molecule has 1 aromatic rings. The zero-order valence-corrected chi connectivity index (χ0v) is 11.9. The smallest absolute Gasteiger partial charge is 0.229 e. The fraction of sp³-hybridized carbons (Fsp3) is 0.500. The molecule has 0 bridgehead atoms. The van der Waals surface area contributed by atoms with Gasteiger partial charge in [0.05, 0.1) is 6.26 Å². The highest BCUT2D eigenvalue weighted by Crippen LogP contribution is 2.28. The molecule has 2 rings (SSSR count). The molecule has 0 amide bonds. The van der Waals surface area contributed by atoms with E-state index in [2.05, 4.69) is 4.72 Å². The van der Waals surface area contributed by atoms with Crippen LogP contribution in [0.3, 0.4) is 0 Å². The van der Waals surface area contributed by atoms with Gasteiger partial charge in [0.15, 0.2) is 5.78 Å². The standard InChI is InChI=1S/C14H19NO3S/c1-19(17,18)15-13-8-6-12(7-9-13)14(16)10-11-4-2-3-5-11/h6-9,11,15H,2-5,10H2,1H3. The van der Waals surface area contributed by atoms with Gasteiger partial charge in [-0.3, -0.25) is 9.52 Å². The van der Waals surface area contributed by atoms with Crippen LogP contribution in [0.2, 0.25) is 0 Å². The highest BCUT2D eigenvalue weighted by Gasteiger charge is 2.19. The van der Waals surface area contributed by atoms with Crippen molar-refractivity contribution in [1.29, 1.82) is 0 Å². The summed E-state index contributed by atoms with van der Waals surface area (Å²) in [5.41, 5.74) is 1.14. The summed E-state index contributed by atoms with van der Waals surface area (Å²) in [5, 5.41) is 0. The Morgan fingerprint density at radius 3 is 2.32 bits per heavy atom. The number of hydrogen-bond acceptors (Lipinski definition) is 3. The van der Waals surface area contributed by atoms with Crippen molar-refractivity contribution >= 4 is 21.5 Å². The largest absolute Gasteiger partial charge is 0.294 e. The quantitative estimate of drug-likeness (QED) is 0.844. The van der Waals surface area contributed by atoms with Crippen LogP contribution in [0.5, 0.6) is 0 Å². The summed E-state index contributed by atoms with van der Waals surface area (Å²) in [4.78, 5) is 12.1. The summed E-state index contributed by atoms with van der Waals surface area (Å²) in [5.74, 6) is 0.680. The Morgan fingerprint density at radius 1 is 1.21 bits per heavy atom. The number of benzene rings is 1. The molecule has 0 aromatic heterocycles. The van der Waals surface area contributed by atoms with E-state index in [0.717, 1.165) is 19.1 Å². The zero-order valence-electron chi connectivity index (χ0n) is 11.1. The zero-order chi connectivity index (χ0) is 13.9. The van der Waals surface area contributed by atoms with Gasteiger partial charge in [0, 0.05) is 17.7 Å². The summed E-state index contributed by atoms with van der Waals surface area (Å²) in [7, 11) is -3.26. The van der Waals surface area contributed by atoms with Crippen molar-refractivity contribution in [3.63, 3.8) is 0 Å². The van der Waals surface area contributed by atoms with Crippen LogP contribution in [0.15, 0.2) is 24.3 Å². The summed E-state index contributed by atoms with van der Waals surface area (Å²) < 4.78 is 24.5. The lowest BCUT2D eigenvalue weighted by Gasteiger charge is -2.08. The maximum Gasteiger partial charge on any atom is 0.229 e. The van der Waals surface area contributed by atoms with Crippen molar-refractivity contribution in [3.8, 4) is 0 Å². The monoisotopic (exact) mass is 281 g/mol. The van der Waals surface area contributed by atoms with Gasteiger partial charge < -0.3 is 0 Å². The number of nitrogens with one attached hydrogen (secondary N) is 1. The van der Waals surface area contributed by atoms with Crippen LogP contribution in [-0.2, 0) is 10.0 Å². The third-order valence-electron chi connectivity index (χ3n) is 3.46. The number of carbonyl (C=O) groups is 1. The van der Waals surface area contributed by atoms with Crippen LogP contribution in [0.25, 0.3) is 0 Å². The van der Waals surface area contributed by atoms with Crippen molar-refractivity contribution in [2.24, 2.45) is 5.92 Å². The maximum atomic E-state index is 12.1. The molecule has 1 aromatic carbocycles. The Kier molecular flexibility index (Phi) is 4.24. The minimum atomic E-state index is -3.26. The van der Waals surface area contributed by atoms with Crippen molar-refractivity contribution in [1.82, 2.24) is 0 Å². The molecule has 1 saturated carbocycles. The summed E-state index contributed by atoms with van der Waals surface area (Å²) in [6, 6.07) is 6.63. The minimum absolute atomic E-state index is 0.151. The van der Waals surface area contributed by atoms with Crippen LogP contribution in [-0.4, -0.2) is 20.5 Å². The maximum absolute atomic E-state index is 12.1. The van der Waals surface area contributed by atoms with Crippen LogP contribution in [0.1, 0.15) is 42.5 Å². The minimum Gasteiger partial charge on any atom is -0.294 e. The molecule has 1 fully saturated rings. The average Bonchev–Trinajstić information content (AvgIpc) is 2.80. The Balaban J connectivity index is 1.99. The predicted molar refractivity (Wildman–Crippen MR) is 75.8 cm³/mol. The Hall–Kier alpha value is -1.36. The number of rotatable bonds is 5. The molecule has 0 unspecified atom stereocenters. The third kappa shape index (κ3) is 4.35. The molecule has 0 radical (unpaired) electrons. The molecule has 0 aliphatic heterocycles. The molecule has 1 aliphatic carbocycles. The van der Waals surface area contributed by atoms with E-state index in [4.69, 9.17) is 0 Å². The van der Waals surface area contributed by atoms with Gasteiger partial charge in [-0.05, 0) is 30.2 Å². The SMILES string of the molecule is CS(=O)(=O)Nc1ccc(C(=O)CC2CCCC2)cc1. The normalized spacial score (nSPS) is 16.5. The van der Waals surface area contributed by atoms with Crippen LogP contribution in [0, 0.1) is 5.92 Å². The average molecular weight is 281 g/mol. The van der Waals surface area contributed by atoms with Crippen molar-refractivity contribution in [3.05, 3.63) is 29.8 Å². The van der Waals surface area contributed by atoms with Crippen molar-refractivity contribution in [2.45, 2.75) is 32.1 Å². The van der Waals surface area contributed by atoms with Gasteiger partial charge in [-0.25, -0.2) is 8.42 Å². The van der Waals surface area contributed by atoms with Crippen LogP contribution in [0.4, 0.5) is 5.69 Å². The third-order valence-corrected chi connectivity index (χ3v) is 4.07. The van der Waals surface area contributed by atoms with E-state index in [1.807, 2.05) is 0 Å². The topological polar surface area (TPSA) is 63.2 Å². The first-order chi connectivity index (χ1) is 8.94. The lowest BCUT2D eigenvalue weighted by Crippen LogP contribution is -2.10. The molecule has 19 heavy (non-hydrogen) atoms. The van der Waals surface area contributed by atoms with Gasteiger partial charge in [0.1, 0.15) is 0 Å². The second-order valence-electron chi connectivity index (χ2n) is 5.23. The highest BCUT2D eigenvalue weighted by atomic mass is 32.2. The van der Waals surface area contributed by atoms with Crippen molar-refractivity contribution in [2.75, 3.05) is 11.0 Å². The fourth-order valence-corrected chi connectivity index (χ4v) is 3.10. The number of ketones is 1. The highest BCUT2D eigenvalue weighted by molar-refractivity contribution is 7.92. The molecule has 104 valence electrons. The van der Waals surface area contributed by atoms with Gasteiger partial charge in [-0.1, -0.05) is 25.7 Å². The van der Waals surface area contributed by atoms with Gasteiger partial charge in [0.2, 0.25) is 10.0 Å². The van der Waals surface area contributed by atoms with E-state index in [1.165, 1.54) is 12.8 Å². The van der Waals surface area contributed by atoms with E-state index < -0.39 is 10.0 Å². The van der Waals surface area contributed by atoms with Gasteiger partial charge in [-0.2, -0.15) is 0 Å². The van der Waals surface area contributed by atoms with E-state index in [0.29, 0.717) is 23.6 Å². The second kappa shape index (κ2) is 5.74. The lowest BCUT2D eigenvalue weighted by molar-refractivity contribution is 0.0962. The summed E-state index contributed by atoms with van der Waals surface area (Å²) in [6.07, 6.45) is 6.48. The van der Waals surface area contributed by atoms with Gasteiger partial charge in [0.25, 0.3) is 0 Å². The Morgan fingerprint density at radius 2 is 1.79 bits per heavy atom. The summed E-state index contributed by atoms with van der Waals surface area (Å²) in [6.45, 7) is 0. The molecule has 0 spiro atoms. The first kappa shape index (κ1) is 14.1. The lowest BCUT2D eigenvalue weighted by atomic mass is 9.97. The van der Waals surface area contributed by atoms with E-state index in [-0.39, 0.29) is 5.78 Å². The first-order valence-electron chi connectivity index (χ1n) is 6.55. The summed E-state index contributed by atoms with van der Waals surface area (Å²) >= 11 is 0. The number of hydrogen-bond donors (Lipinski definition) is 1. The van der Waals surface area contributed by atoms with E-state index in [9.17, 15) is 13.2 Å². The van der Waals surface area contributed by atoms with E-state index >= 15 is 0 Å². The Labute approximate surface area is 114 Å². The van der Waals surface area contributed by atoms with E-state index in [1.54, 1.807) is 24.3 Å². The molecule has 0 atom stereocenters. The number of Topliss-reactive ketones (excluding diaryl/α,β-unsaturated/α-hetero) is 1. The molecule has 5 heteroatoms. The molecular formula is C14H19NO3S. The number of sulfonamides is 1. The molecule has 0 heterocycles. The first-order valence-corrected chi connectivity index (χ1v) is 8.44. The number of anilines is 1. The molecular weight excluding hydrogens is 262 g/mol. The van der Waals surface area contributed by atoms with Gasteiger partial charge in [-0.15, -0.1) is 0 Å². The predicted octanol–water partition coefficient (Wildman–Crippen LogP) is 2.82. The van der Waals surface area contributed by atoms with Crippen LogP contribution < -0.4 is 4.72 Å². The molecule has 0 saturated heterocycles. The molecule has 1 aliphatic rings. The number of carbonyl (C=O) groups excluding carboxylic acids is 1. The van der Waals surface area contributed by atoms with Crippen molar-refractivity contribution < 1.29 is 13.2 Å². The Bertz CT molecular complexity index is 543. The molecule has 4 nitrogen and oxygen atoms in total. The molecule has 1 N–H and O–H groups in total. The van der Waals surface area contributed by atoms with Crippen LogP contribution >= 0.6 is 0 Å². The van der Waals surface area contributed by atoms with Gasteiger partial charge >= 0.3 is 0 Å². The fourth-order valence-electron chi connectivity index (χ4n) is 2.53.